The van der Waals surface area contributed by atoms with Gasteiger partial charge >= 0.3 is 11.9 Å². The third kappa shape index (κ3) is 6.60. The van der Waals surface area contributed by atoms with Gasteiger partial charge in [-0.3, -0.25) is 4.79 Å². The lowest BCUT2D eigenvalue weighted by atomic mass is 9.89. The minimum atomic E-state index is -1.21. The Morgan fingerprint density at radius 3 is 2.54 bits per heavy atom. The van der Waals surface area contributed by atoms with Crippen molar-refractivity contribution >= 4 is 56.5 Å². The minimum absolute atomic E-state index is 0.0223. The Kier molecular flexibility index (Phi) is 9.26. The quantitative estimate of drug-likeness (QED) is 0.248. The molecule has 1 saturated heterocycles. The van der Waals surface area contributed by atoms with Crippen molar-refractivity contribution in [2.24, 2.45) is 5.92 Å². The predicted octanol–water partition coefficient (Wildman–Crippen LogP) is 5.09. The molecule has 1 aromatic heterocycles. The van der Waals surface area contributed by atoms with Crippen LogP contribution in [0.3, 0.4) is 0 Å². The molecule has 1 atom stereocenters. The average molecular weight is 617 g/mol. The summed E-state index contributed by atoms with van der Waals surface area (Å²) in [5.74, 6) is -2.35. The number of nitrogens with zero attached hydrogens (tertiary/aromatic N) is 1. The molecule has 1 amide bonds. The Labute approximate surface area is 238 Å². The molecule has 11 heteroatoms. The molecule has 1 aliphatic rings. The summed E-state index contributed by atoms with van der Waals surface area (Å²) in [5, 5.41) is 25.5. The molecule has 0 spiro atoms. The SMILES string of the molecule is Cc1ccccc1N(C)C(=O)C(Nc1cccc(-c2sc(C(=O)O)c(OCC(=O)O)c2Br)c1)C1CCNCC1. The van der Waals surface area contributed by atoms with E-state index in [1.165, 1.54) is 0 Å². The summed E-state index contributed by atoms with van der Waals surface area (Å²) in [5.41, 5.74) is 3.28. The van der Waals surface area contributed by atoms with Crippen LogP contribution in [0.25, 0.3) is 10.4 Å². The minimum Gasteiger partial charge on any atom is -0.479 e. The van der Waals surface area contributed by atoms with E-state index in [0.29, 0.717) is 20.6 Å². The molecule has 0 radical (unpaired) electrons. The van der Waals surface area contributed by atoms with E-state index in [0.717, 1.165) is 48.5 Å². The van der Waals surface area contributed by atoms with E-state index in [1.54, 1.807) is 11.9 Å². The number of carbonyl (C=O) groups excluding carboxylic acids is 1. The van der Waals surface area contributed by atoms with Gasteiger partial charge in [0.2, 0.25) is 5.91 Å². The van der Waals surface area contributed by atoms with Crippen LogP contribution in [0.5, 0.6) is 5.75 Å². The highest BCUT2D eigenvalue weighted by atomic mass is 79.9. The molecule has 0 bridgehead atoms. The Balaban J connectivity index is 1.66. The first kappa shape index (κ1) is 28.6. The van der Waals surface area contributed by atoms with E-state index in [1.807, 2.05) is 55.5 Å². The number of anilines is 2. The molecule has 0 aliphatic carbocycles. The lowest BCUT2D eigenvalue weighted by Gasteiger charge is -2.34. The van der Waals surface area contributed by atoms with Crippen LogP contribution < -0.4 is 20.3 Å². The maximum atomic E-state index is 13.9. The Morgan fingerprint density at radius 2 is 1.87 bits per heavy atom. The number of likely N-dealkylation sites (N-methyl/N-ethyl adjacent to an activating group) is 1. The van der Waals surface area contributed by atoms with Gasteiger partial charge in [-0.25, -0.2) is 9.59 Å². The van der Waals surface area contributed by atoms with Crippen molar-refractivity contribution in [3.8, 4) is 16.2 Å². The summed E-state index contributed by atoms with van der Waals surface area (Å²) in [6.45, 7) is 2.99. The molecule has 2 aromatic carbocycles. The number of carbonyl (C=O) groups is 3. The molecule has 206 valence electrons. The molecule has 2 heterocycles. The number of hydrogen-bond acceptors (Lipinski definition) is 7. The fourth-order valence-electron chi connectivity index (χ4n) is 4.74. The van der Waals surface area contributed by atoms with E-state index in [4.69, 9.17) is 9.84 Å². The second-order valence-corrected chi connectivity index (χ2v) is 11.2. The van der Waals surface area contributed by atoms with Gasteiger partial charge in [0.05, 0.1) is 9.35 Å². The number of para-hydroxylation sites is 1. The second kappa shape index (κ2) is 12.6. The summed E-state index contributed by atoms with van der Waals surface area (Å²) in [4.78, 5) is 38.9. The summed E-state index contributed by atoms with van der Waals surface area (Å²) < 4.78 is 5.66. The fraction of sp³-hybridized carbons (Fsp3) is 0.321. The van der Waals surface area contributed by atoms with Gasteiger partial charge in [0, 0.05) is 18.4 Å². The van der Waals surface area contributed by atoms with Crippen LogP contribution in [-0.2, 0) is 9.59 Å². The topological polar surface area (TPSA) is 128 Å². The number of carboxylic acid groups (broad SMARTS) is 2. The summed E-state index contributed by atoms with van der Waals surface area (Å²) in [7, 11) is 1.80. The van der Waals surface area contributed by atoms with Crippen LogP contribution in [0.15, 0.2) is 53.0 Å². The highest BCUT2D eigenvalue weighted by Gasteiger charge is 2.32. The van der Waals surface area contributed by atoms with Gasteiger partial charge in [-0.15, -0.1) is 11.3 Å². The van der Waals surface area contributed by atoms with Crippen LogP contribution in [0, 0.1) is 12.8 Å². The standard InChI is InChI=1S/C28H30BrN3O6S/c1-16-6-3-4-9-20(16)32(2)27(35)23(17-10-12-30-13-11-17)31-19-8-5-7-18(14-19)25-22(29)24(38-15-21(33)34)26(39-25)28(36)37/h3-9,14,17,23,30-31H,10-13,15H2,1-2H3,(H,33,34)(H,36,37). The molecular weight excluding hydrogens is 586 g/mol. The predicted molar refractivity (Wildman–Crippen MR) is 155 cm³/mol. The van der Waals surface area contributed by atoms with Gasteiger partial charge in [-0.1, -0.05) is 30.3 Å². The first-order chi connectivity index (χ1) is 18.7. The van der Waals surface area contributed by atoms with Gasteiger partial charge in [0.1, 0.15) is 6.04 Å². The van der Waals surface area contributed by atoms with Crippen molar-refractivity contribution in [2.75, 3.05) is 37.0 Å². The molecule has 3 aromatic rings. The van der Waals surface area contributed by atoms with Crippen LogP contribution in [0.2, 0.25) is 0 Å². The van der Waals surface area contributed by atoms with Crippen LogP contribution in [0.4, 0.5) is 11.4 Å². The van der Waals surface area contributed by atoms with E-state index in [9.17, 15) is 19.5 Å². The zero-order chi connectivity index (χ0) is 28.1. The Morgan fingerprint density at radius 1 is 1.15 bits per heavy atom. The third-order valence-corrected chi connectivity index (χ3v) is 8.95. The van der Waals surface area contributed by atoms with Crippen LogP contribution in [0.1, 0.15) is 28.1 Å². The number of aromatic carboxylic acids is 1. The number of aliphatic carboxylic acids is 1. The first-order valence-electron chi connectivity index (χ1n) is 12.5. The highest BCUT2D eigenvalue weighted by molar-refractivity contribution is 9.10. The number of amides is 1. The normalized spacial score (nSPS) is 14.4. The second-order valence-electron chi connectivity index (χ2n) is 9.36. The summed E-state index contributed by atoms with van der Waals surface area (Å²) in [6.07, 6.45) is 1.71. The average Bonchev–Trinajstić information content (AvgIpc) is 3.27. The van der Waals surface area contributed by atoms with Crippen molar-refractivity contribution < 1.29 is 29.3 Å². The molecule has 39 heavy (non-hydrogen) atoms. The lowest BCUT2D eigenvalue weighted by Crippen LogP contribution is -2.48. The first-order valence-corrected chi connectivity index (χ1v) is 14.1. The molecule has 4 N–H and O–H groups in total. The Bertz CT molecular complexity index is 1370. The number of halogens is 1. The van der Waals surface area contributed by atoms with Gasteiger partial charge in [0.25, 0.3) is 0 Å². The fourth-order valence-corrected chi connectivity index (χ4v) is 6.63. The third-order valence-electron chi connectivity index (χ3n) is 6.72. The number of piperidine rings is 1. The number of carboxylic acids is 2. The van der Waals surface area contributed by atoms with Crippen LogP contribution >= 0.6 is 27.3 Å². The van der Waals surface area contributed by atoms with Crippen molar-refractivity contribution in [3.05, 3.63) is 63.4 Å². The summed E-state index contributed by atoms with van der Waals surface area (Å²) in [6, 6.07) is 14.7. The molecule has 1 aliphatic heterocycles. The van der Waals surface area contributed by atoms with Gasteiger partial charge in [0.15, 0.2) is 17.2 Å². The van der Waals surface area contributed by atoms with Crippen molar-refractivity contribution in [1.82, 2.24) is 5.32 Å². The largest absolute Gasteiger partial charge is 0.479 e. The van der Waals surface area contributed by atoms with Gasteiger partial charge < -0.3 is 30.5 Å². The van der Waals surface area contributed by atoms with E-state index >= 15 is 0 Å². The molecule has 9 nitrogen and oxygen atoms in total. The lowest BCUT2D eigenvalue weighted by molar-refractivity contribution is -0.139. The van der Waals surface area contributed by atoms with Crippen molar-refractivity contribution in [1.29, 1.82) is 0 Å². The smallest absolute Gasteiger partial charge is 0.349 e. The van der Waals surface area contributed by atoms with E-state index in [2.05, 4.69) is 26.6 Å². The zero-order valence-corrected chi connectivity index (χ0v) is 24.0. The number of hydrogen-bond donors (Lipinski definition) is 4. The molecule has 4 rings (SSSR count). The molecule has 1 fully saturated rings. The maximum absolute atomic E-state index is 13.9. The van der Waals surface area contributed by atoms with Crippen LogP contribution in [-0.4, -0.2) is 60.8 Å². The molecule has 1 unspecified atom stereocenters. The van der Waals surface area contributed by atoms with Crippen molar-refractivity contribution in [2.45, 2.75) is 25.8 Å². The van der Waals surface area contributed by atoms with E-state index < -0.39 is 24.6 Å². The number of rotatable bonds is 10. The maximum Gasteiger partial charge on any atom is 0.349 e. The number of nitrogens with one attached hydrogen (secondary N) is 2. The molecule has 0 saturated carbocycles. The number of aryl methyl sites for hydroxylation is 1. The van der Waals surface area contributed by atoms with Gasteiger partial charge in [-0.05, 0) is 84.0 Å². The van der Waals surface area contributed by atoms with Crippen molar-refractivity contribution in [3.63, 3.8) is 0 Å². The zero-order valence-electron chi connectivity index (χ0n) is 21.6. The monoisotopic (exact) mass is 615 g/mol. The molecular formula is C28H30BrN3O6S. The number of benzene rings is 2. The summed E-state index contributed by atoms with van der Waals surface area (Å²) >= 11 is 4.40. The number of ether oxygens (including phenoxy) is 1. The van der Waals surface area contributed by atoms with E-state index in [-0.39, 0.29) is 22.5 Å². The van der Waals surface area contributed by atoms with Gasteiger partial charge in [-0.2, -0.15) is 0 Å². The Hall–Kier alpha value is -3.41. The highest BCUT2D eigenvalue weighted by Crippen LogP contribution is 2.46. The number of thiophene rings is 1.